The van der Waals surface area contributed by atoms with Crippen molar-refractivity contribution in [3.63, 3.8) is 0 Å². The van der Waals surface area contributed by atoms with Gasteiger partial charge in [0.05, 0.1) is 23.0 Å². The molecule has 1 fully saturated rings. The number of azo groups is 1. The zero-order chi connectivity index (χ0) is 25.6. The number of aryl methyl sites for hydroxylation is 1. The molecule has 0 saturated heterocycles. The number of pyridine rings is 1. The lowest BCUT2D eigenvalue weighted by atomic mass is 9.84. The summed E-state index contributed by atoms with van der Waals surface area (Å²) >= 11 is 0. The molecule has 0 radical (unpaired) electrons. The van der Waals surface area contributed by atoms with E-state index in [2.05, 4.69) is 39.8 Å². The van der Waals surface area contributed by atoms with Gasteiger partial charge in [-0.05, 0) is 71.6 Å². The lowest BCUT2D eigenvalue weighted by molar-refractivity contribution is 0.0195. The van der Waals surface area contributed by atoms with Gasteiger partial charge >= 0.3 is 0 Å². The highest BCUT2D eigenvalue weighted by atomic mass is 16.3. The quantitative estimate of drug-likeness (QED) is 0.365. The van der Waals surface area contributed by atoms with E-state index in [0.29, 0.717) is 5.95 Å². The van der Waals surface area contributed by atoms with Crippen LogP contribution in [0.2, 0.25) is 0 Å². The smallest absolute Gasteiger partial charge is 0.243 e. The number of rotatable bonds is 6. The van der Waals surface area contributed by atoms with Gasteiger partial charge in [0.25, 0.3) is 0 Å². The van der Waals surface area contributed by atoms with Gasteiger partial charge in [0.1, 0.15) is 11.2 Å². The molecule has 0 unspecified atom stereocenters. The Kier molecular flexibility index (Phi) is 8.77. The normalized spacial score (nSPS) is 20.2. The molecular weight excluding hydrogens is 440 g/mol. The molecule has 9 heteroatoms. The maximum Gasteiger partial charge on any atom is 0.243 e. The van der Waals surface area contributed by atoms with Crippen molar-refractivity contribution in [2.45, 2.75) is 91.3 Å². The highest BCUT2D eigenvalue weighted by molar-refractivity contribution is 5.87. The Balaban J connectivity index is 0.00000108. The topological polar surface area (TPSA) is 112 Å². The number of nitrogens with one attached hydrogen (secondary N) is 2. The Hall–Kier alpha value is -3.07. The third-order valence-corrected chi connectivity index (χ3v) is 5.87. The summed E-state index contributed by atoms with van der Waals surface area (Å²) in [5.74, 6) is 1.30. The van der Waals surface area contributed by atoms with Crippen molar-refractivity contribution in [2.75, 3.05) is 17.7 Å². The molecule has 35 heavy (non-hydrogen) atoms. The monoisotopic (exact) mass is 480 g/mol. The lowest BCUT2D eigenvalue weighted by Gasteiger charge is -2.33. The standard InChI is InChI=1S/C23H32N8O.C3H8/c1-14(2)28-29-18-6-7-19(25-15(18)3)17-10-13-31-20(17)21(24-5)27-22(30-31)26-16-8-11-23(4,32)12-9-16;1-3-2/h6-7,10,13-14,16,32H,8-9,11-12H2,1-5H3,(H2,24,26,27,30);3H2,1-2H3. The first-order valence-corrected chi connectivity index (χ1v) is 12.6. The molecule has 0 atom stereocenters. The Morgan fingerprint density at radius 3 is 2.46 bits per heavy atom. The number of fused-ring (bicyclic) bond motifs is 1. The summed E-state index contributed by atoms with van der Waals surface area (Å²) in [6.07, 6.45) is 6.51. The molecular formula is C26H40N8O. The van der Waals surface area contributed by atoms with E-state index in [1.165, 1.54) is 6.42 Å². The van der Waals surface area contributed by atoms with Crippen molar-refractivity contribution in [2.24, 2.45) is 10.2 Å². The summed E-state index contributed by atoms with van der Waals surface area (Å²) in [6, 6.07) is 6.30. The van der Waals surface area contributed by atoms with Gasteiger partial charge in [-0.15, -0.1) is 5.10 Å². The Morgan fingerprint density at radius 1 is 1.17 bits per heavy atom. The number of hydrogen-bond donors (Lipinski definition) is 3. The summed E-state index contributed by atoms with van der Waals surface area (Å²) in [5, 5.41) is 30.0. The molecule has 0 aliphatic heterocycles. The fourth-order valence-electron chi connectivity index (χ4n) is 4.02. The van der Waals surface area contributed by atoms with E-state index in [0.717, 1.165) is 59.7 Å². The van der Waals surface area contributed by atoms with Crippen molar-refractivity contribution in [1.82, 2.24) is 19.6 Å². The van der Waals surface area contributed by atoms with Crippen LogP contribution in [0.25, 0.3) is 16.8 Å². The van der Waals surface area contributed by atoms with E-state index in [1.807, 2.05) is 63.7 Å². The third kappa shape index (κ3) is 6.75. The molecule has 3 aromatic heterocycles. The van der Waals surface area contributed by atoms with E-state index in [1.54, 1.807) is 0 Å². The highest BCUT2D eigenvalue weighted by Crippen LogP contribution is 2.32. The minimum atomic E-state index is -0.564. The second kappa shape index (κ2) is 11.6. The molecule has 1 aliphatic rings. The minimum Gasteiger partial charge on any atom is -0.390 e. The summed E-state index contributed by atoms with van der Waals surface area (Å²) in [6.45, 7) is 12.1. The van der Waals surface area contributed by atoms with Crippen LogP contribution in [0.1, 0.15) is 72.4 Å². The predicted molar refractivity (Wildman–Crippen MR) is 143 cm³/mol. The molecule has 4 rings (SSSR count). The van der Waals surface area contributed by atoms with Crippen LogP contribution in [0.15, 0.2) is 34.6 Å². The van der Waals surface area contributed by atoms with E-state index in [-0.39, 0.29) is 12.1 Å². The van der Waals surface area contributed by atoms with Crippen molar-refractivity contribution >= 4 is 23.0 Å². The fraction of sp³-hybridized carbons (Fsp3) is 0.577. The molecule has 3 heterocycles. The zero-order valence-corrected chi connectivity index (χ0v) is 22.1. The molecule has 1 aliphatic carbocycles. The van der Waals surface area contributed by atoms with Crippen LogP contribution < -0.4 is 10.6 Å². The third-order valence-electron chi connectivity index (χ3n) is 5.87. The molecule has 3 N–H and O–H groups in total. The molecule has 0 spiro atoms. The largest absolute Gasteiger partial charge is 0.390 e. The molecule has 0 bridgehead atoms. The molecule has 1 saturated carbocycles. The van der Waals surface area contributed by atoms with E-state index in [9.17, 15) is 5.11 Å². The molecule has 0 aromatic carbocycles. The van der Waals surface area contributed by atoms with Crippen LogP contribution in [-0.2, 0) is 0 Å². The Labute approximate surface area is 208 Å². The second-order valence-electron chi connectivity index (χ2n) is 9.79. The van der Waals surface area contributed by atoms with Gasteiger partial charge in [0, 0.05) is 24.8 Å². The average molecular weight is 481 g/mol. The van der Waals surface area contributed by atoms with Crippen LogP contribution in [0.5, 0.6) is 0 Å². The summed E-state index contributed by atoms with van der Waals surface area (Å²) in [7, 11) is 1.86. The molecule has 0 amide bonds. The van der Waals surface area contributed by atoms with Gasteiger partial charge in [-0.25, -0.2) is 4.52 Å². The first kappa shape index (κ1) is 26.5. The van der Waals surface area contributed by atoms with Gasteiger partial charge < -0.3 is 15.7 Å². The van der Waals surface area contributed by atoms with E-state index in [4.69, 9.17) is 9.97 Å². The average Bonchev–Trinajstić information content (AvgIpc) is 3.23. The number of aromatic nitrogens is 4. The second-order valence-corrected chi connectivity index (χ2v) is 9.79. The van der Waals surface area contributed by atoms with Crippen LogP contribution in [0.3, 0.4) is 0 Å². The first-order valence-electron chi connectivity index (χ1n) is 12.6. The summed E-state index contributed by atoms with van der Waals surface area (Å²) < 4.78 is 1.83. The van der Waals surface area contributed by atoms with Crippen molar-refractivity contribution < 1.29 is 5.11 Å². The Morgan fingerprint density at radius 2 is 1.86 bits per heavy atom. The maximum atomic E-state index is 10.2. The first-order chi connectivity index (χ1) is 16.7. The number of anilines is 2. The van der Waals surface area contributed by atoms with Crippen LogP contribution in [0, 0.1) is 6.92 Å². The highest BCUT2D eigenvalue weighted by Gasteiger charge is 2.29. The van der Waals surface area contributed by atoms with Crippen molar-refractivity contribution in [1.29, 1.82) is 0 Å². The lowest BCUT2D eigenvalue weighted by Crippen LogP contribution is -2.36. The maximum absolute atomic E-state index is 10.2. The molecule has 9 nitrogen and oxygen atoms in total. The van der Waals surface area contributed by atoms with E-state index >= 15 is 0 Å². The minimum absolute atomic E-state index is 0.143. The van der Waals surface area contributed by atoms with Crippen molar-refractivity contribution in [3.05, 3.63) is 30.1 Å². The predicted octanol–water partition coefficient (Wildman–Crippen LogP) is 6.16. The molecule has 190 valence electrons. The van der Waals surface area contributed by atoms with Gasteiger partial charge in [-0.1, -0.05) is 20.3 Å². The van der Waals surface area contributed by atoms with Crippen LogP contribution in [-0.4, -0.2) is 49.4 Å². The van der Waals surface area contributed by atoms with Gasteiger partial charge in [-0.2, -0.15) is 15.2 Å². The molecule has 3 aromatic rings. The van der Waals surface area contributed by atoms with Crippen molar-refractivity contribution in [3.8, 4) is 11.3 Å². The number of hydrogen-bond acceptors (Lipinski definition) is 8. The van der Waals surface area contributed by atoms with Crippen LogP contribution in [0.4, 0.5) is 17.5 Å². The van der Waals surface area contributed by atoms with Gasteiger partial charge in [-0.3, -0.25) is 4.98 Å². The summed E-state index contributed by atoms with van der Waals surface area (Å²) in [4.78, 5) is 9.48. The number of aliphatic hydroxyl groups is 1. The number of nitrogens with zero attached hydrogens (tertiary/aromatic N) is 6. The SMILES string of the molecule is CCC.CNc1nc(NC2CCC(C)(O)CC2)nn2ccc(-c3ccc(N=NC(C)C)c(C)n3)c12. The van der Waals surface area contributed by atoms with Gasteiger partial charge in [0.2, 0.25) is 5.95 Å². The van der Waals surface area contributed by atoms with Gasteiger partial charge in [0.15, 0.2) is 5.82 Å². The zero-order valence-electron chi connectivity index (χ0n) is 22.1. The fourth-order valence-corrected chi connectivity index (χ4v) is 4.02. The van der Waals surface area contributed by atoms with E-state index < -0.39 is 5.60 Å². The Bertz CT molecular complexity index is 1140. The van der Waals surface area contributed by atoms with Crippen LogP contribution >= 0.6 is 0 Å². The summed E-state index contributed by atoms with van der Waals surface area (Å²) in [5.41, 5.74) is 3.69.